The minimum Gasteiger partial charge on any atom is -0.462 e. The highest BCUT2D eigenvalue weighted by molar-refractivity contribution is 6.15. The Hall–Kier alpha value is -4.01. The van der Waals surface area contributed by atoms with Gasteiger partial charge in [0, 0.05) is 5.69 Å². The molecule has 1 heterocycles. The number of carbonyl (C=O) groups excluding carboxylic acids is 4. The Morgan fingerprint density at radius 1 is 1.10 bits per heavy atom. The number of nitrogens with zero attached hydrogens (tertiary/aromatic N) is 1. The van der Waals surface area contributed by atoms with Crippen molar-refractivity contribution in [1.29, 1.82) is 0 Å². The molecule has 1 aliphatic rings. The van der Waals surface area contributed by atoms with Crippen LogP contribution in [-0.2, 0) is 14.3 Å². The number of ether oxygens (including phenoxy) is 1. The van der Waals surface area contributed by atoms with Crippen molar-refractivity contribution >= 4 is 35.6 Å². The summed E-state index contributed by atoms with van der Waals surface area (Å²) in [6.45, 7) is 1.45. The third kappa shape index (κ3) is 4.88. The first-order chi connectivity index (χ1) is 14.4. The zero-order valence-corrected chi connectivity index (χ0v) is 16.0. The number of urea groups is 1. The number of imide groups is 1. The summed E-state index contributed by atoms with van der Waals surface area (Å²) in [5.74, 6) is -2.16. The number of nitrogens with one attached hydrogen (secondary N) is 2. The number of carbonyl (C=O) groups is 4. The summed E-state index contributed by atoms with van der Waals surface area (Å²) in [7, 11) is 0. The van der Waals surface area contributed by atoms with Crippen LogP contribution >= 0.6 is 0 Å². The molecular formula is C21H18FN3O5. The van der Waals surface area contributed by atoms with Gasteiger partial charge in [0.15, 0.2) is 0 Å². The lowest BCUT2D eigenvalue weighted by atomic mass is 10.2. The highest BCUT2D eigenvalue weighted by Gasteiger charge is 2.34. The number of rotatable bonds is 6. The Morgan fingerprint density at radius 3 is 2.40 bits per heavy atom. The fourth-order valence-corrected chi connectivity index (χ4v) is 2.69. The predicted molar refractivity (Wildman–Crippen MR) is 106 cm³/mol. The Kier molecular flexibility index (Phi) is 6.21. The van der Waals surface area contributed by atoms with Crippen molar-refractivity contribution in [3.63, 3.8) is 0 Å². The Bertz CT molecular complexity index is 1020. The Morgan fingerprint density at radius 2 is 1.77 bits per heavy atom. The van der Waals surface area contributed by atoms with Crippen molar-refractivity contribution in [2.24, 2.45) is 0 Å². The average molecular weight is 411 g/mol. The first-order valence-electron chi connectivity index (χ1n) is 9.04. The van der Waals surface area contributed by atoms with Gasteiger partial charge >= 0.3 is 12.0 Å². The molecule has 0 spiro atoms. The van der Waals surface area contributed by atoms with E-state index >= 15 is 0 Å². The van der Waals surface area contributed by atoms with Gasteiger partial charge in [-0.1, -0.05) is 12.1 Å². The van der Waals surface area contributed by atoms with Crippen molar-refractivity contribution in [2.45, 2.75) is 6.92 Å². The maximum atomic E-state index is 13.0. The van der Waals surface area contributed by atoms with Gasteiger partial charge in [0.05, 0.1) is 12.2 Å². The fraction of sp³-hybridized carbons (Fsp3) is 0.143. The molecule has 0 radical (unpaired) electrons. The molecule has 1 fully saturated rings. The number of benzene rings is 2. The summed E-state index contributed by atoms with van der Waals surface area (Å²) < 4.78 is 17.9. The topological polar surface area (TPSA) is 105 Å². The van der Waals surface area contributed by atoms with Gasteiger partial charge in [0.2, 0.25) is 5.91 Å². The van der Waals surface area contributed by atoms with Crippen molar-refractivity contribution in [3.05, 3.63) is 71.2 Å². The van der Waals surface area contributed by atoms with Crippen LogP contribution < -0.4 is 10.6 Å². The van der Waals surface area contributed by atoms with Crippen LogP contribution in [0.4, 0.5) is 14.9 Å². The zero-order valence-electron chi connectivity index (χ0n) is 16.0. The summed E-state index contributed by atoms with van der Waals surface area (Å²) in [4.78, 5) is 49.1. The SMILES string of the molecule is CCOC(=O)c1ccc(NC(=O)CN2C(=O)N/C(=C\c3ccc(F)cc3)C2=O)cc1. The molecule has 2 aromatic carbocycles. The normalized spacial score (nSPS) is 14.6. The second kappa shape index (κ2) is 8.99. The number of halogens is 1. The second-order valence-electron chi connectivity index (χ2n) is 6.28. The van der Waals surface area contributed by atoms with Gasteiger partial charge in [-0.15, -0.1) is 0 Å². The van der Waals surface area contributed by atoms with E-state index in [0.29, 0.717) is 16.8 Å². The molecule has 0 saturated carbocycles. The van der Waals surface area contributed by atoms with Crippen LogP contribution in [0.5, 0.6) is 0 Å². The van der Waals surface area contributed by atoms with Gasteiger partial charge in [0.1, 0.15) is 18.1 Å². The lowest BCUT2D eigenvalue weighted by molar-refractivity contribution is -0.127. The standard InChI is InChI=1S/C21H18FN3O5/c1-2-30-20(28)14-5-9-16(10-6-14)23-18(26)12-25-19(27)17(24-21(25)29)11-13-3-7-15(22)8-4-13/h3-11H,2,12H2,1H3,(H,23,26)(H,24,29)/b17-11-. The van der Waals surface area contributed by atoms with E-state index < -0.39 is 36.2 Å². The van der Waals surface area contributed by atoms with Crippen LogP contribution in [0.1, 0.15) is 22.8 Å². The van der Waals surface area contributed by atoms with E-state index in [0.717, 1.165) is 4.90 Å². The van der Waals surface area contributed by atoms with E-state index in [1.807, 2.05) is 0 Å². The molecule has 8 nitrogen and oxygen atoms in total. The van der Waals surface area contributed by atoms with Crippen LogP contribution in [0, 0.1) is 5.82 Å². The zero-order chi connectivity index (χ0) is 21.7. The molecule has 9 heteroatoms. The molecule has 1 aliphatic heterocycles. The van der Waals surface area contributed by atoms with Gasteiger partial charge in [-0.05, 0) is 55.0 Å². The molecule has 0 bridgehead atoms. The van der Waals surface area contributed by atoms with Gasteiger partial charge < -0.3 is 15.4 Å². The molecule has 4 amide bonds. The van der Waals surface area contributed by atoms with Crippen LogP contribution in [0.3, 0.4) is 0 Å². The predicted octanol–water partition coefficient (Wildman–Crippen LogP) is 2.53. The number of hydrogen-bond acceptors (Lipinski definition) is 5. The van der Waals surface area contributed by atoms with Crippen molar-refractivity contribution in [1.82, 2.24) is 10.2 Å². The van der Waals surface area contributed by atoms with Crippen molar-refractivity contribution in [2.75, 3.05) is 18.5 Å². The quantitative estimate of drug-likeness (QED) is 0.432. The highest BCUT2D eigenvalue weighted by Crippen LogP contribution is 2.15. The summed E-state index contributed by atoms with van der Waals surface area (Å²) in [6, 6.07) is 10.6. The summed E-state index contributed by atoms with van der Waals surface area (Å²) >= 11 is 0. The lowest BCUT2D eigenvalue weighted by Gasteiger charge is -2.12. The molecule has 0 unspecified atom stereocenters. The monoisotopic (exact) mass is 411 g/mol. The van der Waals surface area contributed by atoms with E-state index in [1.165, 1.54) is 54.6 Å². The van der Waals surface area contributed by atoms with Crippen LogP contribution in [-0.4, -0.2) is 41.9 Å². The molecule has 2 N–H and O–H groups in total. The van der Waals surface area contributed by atoms with E-state index in [9.17, 15) is 23.6 Å². The van der Waals surface area contributed by atoms with Gasteiger partial charge in [-0.25, -0.2) is 18.9 Å². The van der Waals surface area contributed by atoms with Crippen LogP contribution in [0.25, 0.3) is 6.08 Å². The molecule has 30 heavy (non-hydrogen) atoms. The third-order valence-electron chi connectivity index (χ3n) is 4.12. The van der Waals surface area contributed by atoms with Gasteiger partial charge in [-0.2, -0.15) is 0 Å². The molecule has 1 saturated heterocycles. The molecule has 0 aliphatic carbocycles. The summed E-state index contributed by atoms with van der Waals surface area (Å²) in [5.41, 5.74) is 1.23. The first kappa shape index (κ1) is 20.7. The second-order valence-corrected chi connectivity index (χ2v) is 6.28. The van der Waals surface area contributed by atoms with Crippen molar-refractivity contribution in [3.8, 4) is 0 Å². The van der Waals surface area contributed by atoms with Crippen LogP contribution in [0.15, 0.2) is 54.2 Å². The highest BCUT2D eigenvalue weighted by atomic mass is 19.1. The lowest BCUT2D eigenvalue weighted by Crippen LogP contribution is -2.38. The molecule has 0 atom stereocenters. The molecule has 154 valence electrons. The summed E-state index contributed by atoms with van der Waals surface area (Å²) in [6.07, 6.45) is 1.39. The minimum atomic E-state index is -0.735. The third-order valence-corrected chi connectivity index (χ3v) is 4.12. The molecule has 3 rings (SSSR count). The van der Waals surface area contributed by atoms with E-state index in [-0.39, 0.29) is 12.3 Å². The molecule has 0 aromatic heterocycles. The Balaban J connectivity index is 1.62. The van der Waals surface area contributed by atoms with Gasteiger partial charge in [0.25, 0.3) is 5.91 Å². The minimum absolute atomic E-state index is 0.0156. The largest absolute Gasteiger partial charge is 0.462 e. The van der Waals surface area contributed by atoms with Crippen molar-refractivity contribution < 1.29 is 28.3 Å². The van der Waals surface area contributed by atoms with E-state index in [2.05, 4.69) is 10.6 Å². The molecular weight excluding hydrogens is 393 g/mol. The van der Waals surface area contributed by atoms with Gasteiger partial charge in [-0.3, -0.25) is 9.59 Å². The maximum absolute atomic E-state index is 13.0. The van der Waals surface area contributed by atoms with E-state index in [1.54, 1.807) is 6.92 Å². The maximum Gasteiger partial charge on any atom is 0.338 e. The molecule has 2 aromatic rings. The fourth-order valence-electron chi connectivity index (χ4n) is 2.69. The number of hydrogen-bond donors (Lipinski definition) is 2. The van der Waals surface area contributed by atoms with E-state index in [4.69, 9.17) is 4.74 Å². The number of amides is 4. The average Bonchev–Trinajstić information content (AvgIpc) is 2.98. The summed E-state index contributed by atoms with van der Waals surface area (Å²) in [5, 5.41) is 4.94. The van der Waals surface area contributed by atoms with Crippen LogP contribution in [0.2, 0.25) is 0 Å². The number of esters is 1. The first-order valence-corrected chi connectivity index (χ1v) is 9.04. The number of anilines is 1. The Labute approximate surface area is 171 Å². The smallest absolute Gasteiger partial charge is 0.338 e.